The van der Waals surface area contributed by atoms with Gasteiger partial charge in [0.2, 0.25) is 5.78 Å². The monoisotopic (exact) mass is 1160 g/mol. The summed E-state index contributed by atoms with van der Waals surface area (Å²) in [5.41, 5.74) is 30.9. The molecule has 0 aliphatic carbocycles. The molecule has 0 saturated carbocycles. The van der Waals surface area contributed by atoms with Gasteiger partial charge in [0, 0.05) is 0 Å². The molecule has 5 unspecified atom stereocenters. The average molecular weight is 1160 g/mol. The standard InChI is InChI=1S/C44H80N6O29/c1-2-3-4-12(34(64)44(11-56)36(66)29(63)23(50)42(79-44)77-33-16(9-54)73-40(21(48)27(33)61)75-31-14(7-52)71-38(68)19(46)25(31)59)69-17(57)5-43(10-55)35(65)28(62)22(49)41(78-43)76-32-15(8-53)72-39(20(47)26(32)60)74-30-13(6-51)70-37(67)18(45)24(30)58/h12-16,18-33,35-42,51-56,58-63,65-68H,2-11,45-50H2,1H3/t12?,13-,14-,15-,16-,18-,19-,20-,21-,22-,23-,24-,25-,26-,27-,28-,29-,30?,31?,32?,33?,35+,36+,37-,38-,39+,40+,41+,42+,43-,44+/m1/s1. The molecule has 0 aromatic heterocycles. The van der Waals surface area contributed by atoms with Crippen molar-refractivity contribution in [3.05, 3.63) is 0 Å². The molecular formula is C44H80N6O29. The van der Waals surface area contributed by atoms with Gasteiger partial charge in [-0.05, 0) is 12.8 Å². The lowest BCUT2D eigenvalue weighted by Crippen LogP contribution is -2.74. The Hall–Kier alpha value is -2.14. The zero-order valence-electron chi connectivity index (χ0n) is 42.7. The van der Waals surface area contributed by atoms with Crippen LogP contribution in [0, 0.1) is 0 Å². The third-order valence-corrected chi connectivity index (χ3v) is 15.3. The van der Waals surface area contributed by atoms with Crippen LogP contribution in [0.25, 0.3) is 0 Å². The molecule has 6 heterocycles. The molecule has 6 rings (SSSR count). The number of hydrogen-bond donors (Lipinski definition) is 22. The average Bonchev–Trinajstić information content (AvgIpc) is 3.64. The second kappa shape index (κ2) is 27.7. The number of ether oxygens (including phenoxy) is 11. The van der Waals surface area contributed by atoms with Gasteiger partial charge in [-0.1, -0.05) is 13.3 Å². The van der Waals surface area contributed by atoms with Crippen LogP contribution in [0.15, 0.2) is 0 Å². The van der Waals surface area contributed by atoms with E-state index in [1.54, 1.807) is 6.92 Å². The highest BCUT2D eigenvalue weighted by Crippen LogP contribution is 2.39. The fraction of sp³-hybridized carbons (Fsp3) is 0.955. The molecular weight excluding hydrogens is 1080 g/mol. The second-order valence-corrected chi connectivity index (χ2v) is 20.6. The van der Waals surface area contributed by atoms with E-state index in [-0.39, 0.29) is 12.8 Å². The largest absolute Gasteiger partial charge is 0.454 e. The van der Waals surface area contributed by atoms with Crippen molar-refractivity contribution in [3.8, 4) is 0 Å². The molecule has 6 fully saturated rings. The van der Waals surface area contributed by atoms with E-state index in [2.05, 4.69) is 0 Å². The quantitative estimate of drug-likeness (QED) is 0.0448. The van der Waals surface area contributed by atoms with Gasteiger partial charge in [-0.2, -0.15) is 0 Å². The lowest BCUT2D eigenvalue weighted by atomic mass is 9.80. The summed E-state index contributed by atoms with van der Waals surface area (Å²) >= 11 is 0. The summed E-state index contributed by atoms with van der Waals surface area (Å²) in [5, 5.41) is 172. The summed E-state index contributed by atoms with van der Waals surface area (Å²) in [6.07, 6.45) is -42.7. The third-order valence-electron chi connectivity index (χ3n) is 15.3. The van der Waals surface area contributed by atoms with E-state index < -0.39 is 247 Å². The van der Waals surface area contributed by atoms with Gasteiger partial charge in [0.25, 0.3) is 0 Å². The Balaban J connectivity index is 1.17. The number of carbonyl (C=O) groups is 2. The Morgan fingerprint density at radius 1 is 0.481 bits per heavy atom. The summed E-state index contributed by atoms with van der Waals surface area (Å²) in [6, 6.07) is -9.68. The highest BCUT2D eigenvalue weighted by Gasteiger charge is 2.62. The molecule has 0 aromatic carbocycles. The molecule has 28 N–H and O–H groups in total. The first-order valence-electron chi connectivity index (χ1n) is 25.6. The molecule has 35 heteroatoms. The van der Waals surface area contributed by atoms with Gasteiger partial charge in [-0.15, -0.1) is 0 Å². The summed E-state index contributed by atoms with van der Waals surface area (Å²) in [7, 11) is 0. The summed E-state index contributed by atoms with van der Waals surface area (Å²) in [6.45, 7) is -4.63. The van der Waals surface area contributed by atoms with Crippen LogP contribution in [0.1, 0.15) is 32.6 Å². The van der Waals surface area contributed by atoms with Crippen LogP contribution >= 0.6 is 0 Å². The number of nitrogens with two attached hydrogens (primary N) is 6. The van der Waals surface area contributed by atoms with Crippen LogP contribution in [-0.4, -0.2) is 322 Å². The predicted molar refractivity (Wildman–Crippen MR) is 251 cm³/mol. The molecule has 0 radical (unpaired) electrons. The summed E-state index contributed by atoms with van der Waals surface area (Å²) < 4.78 is 62.6. The van der Waals surface area contributed by atoms with Crippen LogP contribution in [0.5, 0.6) is 0 Å². The zero-order valence-corrected chi connectivity index (χ0v) is 42.7. The number of aliphatic hydroxyl groups is 16. The molecule has 0 aromatic rings. The third kappa shape index (κ3) is 13.2. The fourth-order valence-electron chi connectivity index (χ4n) is 10.3. The number of carbonyl (C=O) groups excluding carboxylic acids is 2. The van der Waals surface area contributed by atoms with Crippen molar-refractivity contribution in [2.75, 3.05) is 39.6 Å². The minimum absolute atomic E-state index is 0.0943. The van der Waals surface area contributed by atoms with E-state index in [4.69, 9.17) is 86.5 Å². The van der Waals surface area contributed by atoms with Crippen molar-refractivity contribution in [1.29, 1.82) is 0 Å². The van der Waals surface area contributed by atoms with Gasteiger partial charge in [-0.3, -0.25) is 9.59 Å². The Kier molecular flexibility index (Phi) is 23.2. The van der Waals surface area contributed by atoms with Crippen molar-refractivity contribution < 1.29 is 143 Å². The second-order valence-electron chi connectivity index (χ2n) is 20.6. The van der Waals surface area contributed by atoms with E-state index in [9.17, 15) is 91.3 Å². The first kappa shape index (κ1) is 66.0. The lowest BCUT2D eigenvalue weighted by Gasteiger charge is -2.51. The molecule has 35 nitrogen and oxygen atoms in total. The first-order chi connectivity index (χ1) is 37.3. The van der Waals surface area contributed by atoms with Crippen LogP contribution in [0.3, 0.4) is 0 Å². The van der Waals surface area contributed by atoms with Gasteiger partial charge in [-0.25, -0.2) is 0 Å². The maximum atomic E-state index is 14.7. The first-order valence-corrected chi connectivity index (χ1v) is 25.6. The highest BCUT2D eigenvalue weighted by molar-refractivity contribution is 5.94. The van der Waals surface area contributed by atoms with E-state index in [1.807, 2.05) is 0 Å². The lowest BCUT2D eigenvalue weighted by molar-refractivity contribution is -0.360. The minimum Gasteiger partial charge on any atom is -0.454 e. The van der Waals surface area contributed by atoms with E-state index in [0.717, 1.165) is 0 Å². The highest BCUT2D eigenvalue weighted by atomic mass is 16.8. The van der Waals surface area contributed by atoms with Gasteiger partial charge >= 0.3 is 5.97 Å². The van der Waals surface area contributed by atoms with Crippen LogP contribution < -0.4 is 34.4 Å². The molecule has 31 atom stereocenters. The minimum atomic E-state index is -2.98. The maximum Gasteiger partial charge on any atom is 0.309 e. The number of ketones is 1. The molecule has 6 aliphatic rings. The van der Waals surface area contributed by atoms with E-state index in [0.29, 0.717) is 6.42 Å². The number of Topliss-reactive ketones (excluding diaryl/α,β-unsaturated/α-hetero) is 1. The normalized spacial score (nSPS) is 49.3. The topological polar surface area (TPSA) is 615 Å². The van der Waals surface area contributed by atoms with E-state index >= 15 is 0 Å². The Morgan fingerprint density at radius 3 is 1.24 bits per heavy atom. The number of hydrogen-bond acceptors (Lipinski definition) is 35. The van der Waals surface area contributed by atoms with Crippen molar-refractivity contribution in [2.24, 2.45) is 34.4 Å². The van der Waals surface area contributed by atoms with Crippen molar-refractivity contribution in [2.45, 2.75) is 222 Å². The molecule has 0 amide bonds. The van der Waals surface area contributed by atoms with Gasteiger partial charge in [0.05, 0.1) is 82.3 Å². The molecule has 6 saturated heterocycles. The predicted octanol–water partition coefficient (Wildman–Crippen LogP) is -14.5. The van der Waals surface area contributed by atoms with Crippen LogP contribution in [-0.2, 0) is 61.7 Å². The Bertz CT molecular complexity index is 1950. The number of aliphatic hydroxyl groups excluding tert-OH is 16. The smallest absolute Gasteiger partial charge is 0.309 e. The number of esters is 1. The molecule has 0 bridgehead atoms. The Morgan fingerprint density at radius 2 is 0.848 bits per heavy atom. The van der Waals surface area contributed by atoms with Crippen LogP contribution in [0.2, 0.25) is 0 Å². The molecule has 79 heavy (non-hydrogen) atoms. The molecule has 0 spiro atoms. The van der Waals surface area contributed by atoms with Crippen molar-refractivity contribution in [1.82, 2.24) is 0 Å². The molecule has 6 aliphatic heterocycles. The van der Waals surface area contributed by atoms with Crippen molar-refractivity contribution >= 4 is 11.8 Å². The zero-order chi connectivity index (χ0) is 58.7. The SMILES string of the molecule is CCCCC(OC(=O)C[C@]1(CO)O[C@H](OC2[C@@H](CO)O[C@@H](OC3[C@@H](CO)O[C@@H](O)[C@H](N)[C@H]3O)[C@H](N)[C@H]2O)[C@H](N)[C@@H](O)[C@@H]1O)C(=O)[C@]1(CO)O[C@H](OC2[C@@H](CO)O[C@@H](OC3[C@@H](CO)O[C@@H](O)[C@H](N)[C@H]3O)[C@H](N)[C@H]2O)[C@H](N)[C@@H](O)[C@@H]1O. The van der Waals surface area contributed by atoms with Gasteiger partial charge in [0.15, 0.2) is 49.4 Å². The van der Waals surface area contributed by atoms with Gasteiger partial charge in [0.1, 0.15) is 103 Å². The van der Waals surface area contributed by atoms with Gasteiger partial charge < -0.3 is 168 Å². The van der Waals surface area contributed by atoms with Crippen LogP contribution in [0.4, 0.5) is 0 Å². The summed E-state index contributed by atoms with van der Waals surface area (Å²) in [4.78, 5) is 28.7. The Labute approximate surface area is 450 Å². The fourth-order valence-corrected chi connectivity index (χ4v) is 10.3. The number of unbranched alkanes of at least 4 members (excludes halogenated alkanes) is 1. The van der Waals surface area contributed by atoms with E-state index in [1.165, 1.54) is 0 Å². The maximum absolute atomic E-state index is 14.7. The van der Waals surface area contributed by atoms with Crippen molar-refractivity contribution in [3.63, 3.8) is 0 Å². The molecule has 460 valence electrons. The summed E-state index contributed by atoms with van der Waals surface area (Å²) in [5.74, 6) is -2.87. The number of rotatable bonds is 22.